The Bertz CT molecular complexity index is 1240. The largest absolute Gasteiger partial charge is 0.477 e. The fourth-order valence-electron chi connectivity index (χ4n) is 3.35. The quantitative estimate of drug-likeness (QED) is 0.422. The summed E-state index contributed by atoms with van der Waals surface area (Å²) in [6.45, 7) is 0.661. The number of hydrogen-bond acceptors (Lipinski definition) is 2. The number of carboxylic acid groups (broad SMARTS) is 1. The summed E-state index contributed by atoms with van der Waals surface area (Å²) < 4.78 is 2.09. The zero-order valence-electron chi connectivity index (χ0n) is 14.5. The first-order valence-corrected chi connectivity index (χ1v) is 8.56. The van der Waals surface area contributed by atoms with E-state index in [0.29, 0.717) is 6.54 Å². The van der Waals surface area contributed by atoms with Gasteiger partial charge in [-0.15, -0.1) is 0 Å². The van der Waals surface area contributed by atoms with Crippen LogP contribution in [0.1, 0.15) is 11.1 Å². The Hall–Kier alpha value is -3.84. The number of para-hydroxylation sites is 1. The van der Waals surface area contributed by atoms with Crippen molar-refractivity contribution in [3.63, 3.8) is 0 Å². The zero-order valence-corrected chi connectivity index (χ0v) is 14.5. The van der Waals surface area contributed by atoms with E-state index >= 15 is 0 Å². The van der Waals surface area contributed by atoms with Crippen molar-refractivity contribution in [2.75, 3.05) is 0 Å². The second-order valence-electron chi connectivity index (χ2n) is 6.39. The fraction of sp³-hybridized carbons (Fsp3) is 0.0435. The van der Waals surface area contributed by atoms with Crippen LogP contribution in [0.25, 0.3) is 27.8 Å². The Morgan fingerprint density at radius 2 is 1.78 bits per heavy atom. The monoisotopic (exact) mass is 352 g/mol. The molecule has 27 heavy (non-hydrogen) atoms. The lowest BCUT2D eigenvalue weighted by atomic mass is 10.1. The normalized spacial score (nSPS) is 11.6. The fourth-order valence-corrected chi connectivity index (χ4v) is 3.35. The molecule has 0 radical (unpaired) electrons. The molecule has 0 unspecified atom stereocenters. The molecule has 0 amide bonds. The van der Waals surface area contributed by atoms with E-state index < -0.39 is 5.97 Å². The van der Waals surface area contributed by atoms with Gasteiger partial charge in [0.15, 0.2) is 0 Å². The van der Waals surface area contributed by atoms with Gasteiger partial charge < -0.3 is 9.67 Å². The molecule has 0 bridgehead atoms. The molecule has 0 saturated heterocycles. The maximum atomic E-state index is 11.2. The van der Waals surface area contributed by atoms with Crippen LogP contribution in [0, 0.1) is 11.3 Å². The van der Waals surface area contributed by atoms with Gasteiger partial charge in [0.25, 0.3) is 0 Å². The summed E-state index contributed by atoms with van der Waals surface area (Å²) in [5, 5.41) is 21.5. The van der Waals surface area contributed by atoms with Gasteiger partial charge in [0.2, 0.25) is 0 Å². The molecule has 4 heteroatoms. The highest BCUT2D eigenvalue weighted by molar-refractivity contribution is 6.00. The molecule has 1 heterocycles. The van der Waals surface area contributed by atoms with Crippen molar-refractivity contribution in [1.29, 1.82) is 5.26 Å². The molecule has 130 valence electrons. The molecular formula is C23H16N2O2. The highest BCUT2D eigenvalue weighted by Gasteiger charge is 2.11. The van der Waals surface area contributed by atoms with Crippen LogP contribution in [0.4, 0.5) is 0 Å². The SMILES string of the molecule is N#C/C(=C\c1cn(Cc2ccc3ccccc3c2)c2ccccc12)C(=O)O. The number of fused-ring (bicyclic) bond motifs is 2. The van der Waals surface area contributed by atoms with Crippen molar-refractivity contribution in [3.05, 3.63) is 89.6 Å². The van der Waals surface area contributed by atoms with Crippen molar-refractivity contribution >= 4 is 33.7 Å². The molecule has 0 spiro atoms. The lowest BCUT2D eigenvalue weighted by Crippen LogP contribution is -1.98. The molecule has 1 N–H and O–H groups in total. The van der Waals surface area contributed by atoms with E-state index in [-0.39, 0.29) is 5.57 Å². The molecule has 1 aromatic heterocycles. The Morgan fingerprint density at radius 3 is 2.56 bits per heavy atom. The third-order valence-electron chi connectivity index (χ3n) is 4.64. The van der Waals surface area contributed by atoms with Crippen molar-refractivity contribution in [3.8, 4) is 6.07 Å². The van der Waals surface area contributed by atoms with Gasteiger partial charge in [0.05, 0.1) is 0 Å². The molecule has 0 aliphatic heterocycles. The Labute approximate surface area is 156 Å². The van der Waals surface area contributed by atoms with E-state index in [1.165, 1.54) is 16.8 Å². The number of nitrogens with zero attached hydrogens (tertiary/aromatic N) is 2. The minimum absolute atomic E-state index is 0.274. The second kappa shape index (κ2) is 6.81. The second-order valence-corrected chi connectivity index (χ2v) is 6.39. The number of carboxylic acids is 1. The smallest absolute Gasteiger partial charge is 0.346 e. The van der Waals surface area contributed by atoms with Crippen LogP contribution in [0.3, 0.4) is 0 Å². The minimum atomic E-state index is -1.22. The molecule has 0 saturated carbocycles. The summed E-state index contributed by atoms with van der Waals surface area (Å²) in [6, 6.07) is 24.1. The summed E-state index contributed by atoms with van der Waals surface area (Å²) in [7, 11) is 0. The number of aromatic nitrogens is 1. The maximum absolute atomic E-state index is 11.2. The van der Waals surface area contributed by atoms with Gasteiger partial charge >= 0.3 is 5.97 Å². The highest BCUT2D eigenvalue weighted by Crippen LogP contribution is 2.25. The van der Waals surface area contributed by atoms with E-state index in [9.17, 15) is 4.79 Å². The topological polar surface area (TPSA) is 66.0 Å². The Kier molecular flexibility index (Phi) is 4.19. The number of nitriles is 1. The van der Waals surface area contributed by atoms with Gasteiger partial charge in [-0.25, -0.2) is 4.79 Å². The highest BCUT2D eigenvalue weighted by atomic mass is 16.4. The molecule has 3 aromatic carbocycles. The van der Waals surface area contributed by atoms with E-state index in [4.69, 9.17) is 10.4 Å². The molecular weight excluding hydrogens is 336 g/mol. The van der Waals surface area contributed by atoms with E-state index in [2.05, 4.69) is 34.9 Å². The molecule has 4 nitrogen and oxygen atoms in total. The first kappa shape index (κ1) is 16.6. The van der Waals surface area contributed by atoms with Crippen LogP contribution < -0.4 is 0 Å². The number of hydrogen-bond donors (Lipinski definition) is 1. The molecule has 0 aliphatic rings. The lowest BCUT2D eigenvalue weighted by Gasteiger charge is -2.07. The van der Waals surface area contributed by atoms with Gasteiger partial charge in [-0.2, -0.15) is 5.26 Å². The summed E-state index contributed by atoms with van der Waals surface area (Å²) in [4.78, 5) is 11.2. The van der Waals surface area contributed by atoms with Gasteiger partial charge in [0, 0.05) is 29.2 Å². The van der Waals surface area contributed by atoms with Crippen LogP contribution in [-0.4, -0.2) is 15.6 Å². The maximum Gasteiger partial charge on any atom is 0.346 e. The molecule has 0 atom stereocenters. The standard InChI is InChI=1S/C23H16N2O2/c24-13-19(23(26)27)12-20-15-25(22-8-4-3-7-21(20)22)14-16-9-10-17-5-1-2-6-18(17)11-16/h1-12,15H,14H2,(H,26,27)/b19-12+. The van der Waals surface area contributed by atoms with Crippen molar-refractivity contribution in [1.82, 2.24) is 4.57 Å². The average molecular weight is 352 g/mol. The number of carbonyl (C=O) groups is 1. The first-order valence-electron chi connectivity index (χ1n) is 8.56. The number of aliphatic carboxylic acids is 1. The summed E-state index contributed by atoms with van der Waals surface area (Å²) in [5.74, 6) is -1.22. The van der Waals surface area contributed by atoms with Crippen LogP contribution in [-0.2, 0) is 11.3 Å². The third-order valence-corrected chi connectivity index (χ3v) is 4.64. The third kappa shape index (κ3) is 3.19. The summed E-state index contributed by atoms with van der Waals surface area (Å²) >= 11 is 0. The molecule has 4 rings (SSSR count). The van der Waals surface area contributed by atoms with Crippen LogP contribution in [0.5, 0.6) is 0 Å². The molecule has 0 aliphatic carbocycles. The predicted molar refractivity (Wildman–Crippen MR) is 106 cm³/mol. The van der Waals surface area contributed by atoms with Crippen LogP contribution in [0.15, 0.2) is 78.5 Å². The molecule has 0 fully saturated rings. The summed E-state index contributed by atoms with van der Waals surface area (Å²) in [6.07, 6.45) is 3.34. The van der Waals surface area contributed by atoms with Gasteiger partial charge in [-0.1, -0.05) is 54.6 Å². The van der Waals surface area contributed by atoms with E-state index in [1.807, 2.05) is 42.6 Å². The van der Waals surface area contributed by atoms with Crippen molar-refractivity contribution < 1.29 is 9.90 Å². The van der Waals surface area contributed by atoms with Crippen LogP contribution in [0.2, 0.25) is 0 Å². The van der Waals surface area contributed by atoms with Crippen molar-refractivity contribution in [2.24, 2.45) is 0 Å². The van der Waals surface area contributed by atoms with Crippen LogP contribution >= 0.6 is 0 Å². The van der Waals surface area contributed by atoms with E-state index in [0.717, 1.165) is 22.0 Å². The first-order chi connectivity index (χ1) is 13.2. The Balaban J connectivity index is 1.80. The average Bonchev–Trinajstić information content (AvgIpc) is 3.03. The van der Waals surface area contributed by atoms with Crippen molar-refractivity contribution in [2.45, 2.75) is 6.54 Å². The number of benzene rings is 3. The van der Waals surface area contributed by atoms with Gasteiger partial charge in [-0.3, -0.25) is 0 Å². The van der Waals surface area contributed by atoms with Gasteiger partial charge in [0.1, 0.15) is 11.6 Å². The minimum Gasteiger partial charge on any atom is -0.477 e. The molecule has 4 aromatic rings. The lowest BCUT2D eigenvalue weighted by molar-refractivity contribution is -0.132. The number of rotatable bonds is 4. The van der Waals surface area contributed by atoms with E-state index in [1.54, 1.807) is 6.07 Å². The zero-order chi connectivity index (χ0) is 18.8. The Morgan fingerprint density at radius 1 is 1.04 bits per heavy atom. The summed E-state index contributed by atoms with van der Waals surface area (Å²) in [5.41, 5.74) is 2.61. The predicted octanol–water partition coefficient (Wildman–Crippen LogP) is 4.83. The van der Waals surface area contributed by atoms with Gasteiger partial charge in [-0.05, 0) is 34.5 Å².